The minimum Gasteiger partial charge on any atom is -0.307 e. The Morgan fingerprint density at radius 1 is 1.07 bits per heavy atom. The fourth-order valence-corrected chi connectivity index (χ4v) is 2.98. The van der Waals surface area contributed by atoms with Crippen LogP contribution in [0.15, 0.2) is 72.8 Å². The Hall–Kier alpha value is -3.44. The number of carbonyl (C=O) groups excluding carboxylic acids is 1. The van der Waals surface area contributed by atoms with Crippen molar-refractivity contribution in [3.8, 4) is 5.82 Å². The highest BCUT2D eigenvalue weighted by Crippen LogP contribution is 2.19. The molecule has 0 aliphatic heterocycles. The smallest absolute Gasteiger partial charge is 0.249 e. The molecule has 0 saturated carbocycles. The van der Waals surface area contributed by atoms with Crippen molar-refractivity contribution < 1.29 is 4.79 Å². The number of anilines is 1. The molecule has 2 heterocycles. The molecule has 6 heteroatoms. The van der Waals surface area contributed by atoms with Crippen LogP contribution in [0.5, 0.6) is 0 Å². The number of nitrogens with one attached hydrogen (secondary N) is 1. The van der Waals surface area contributed by atoms with E-state index in [-0.39, 0.29) is 5.91 Å². The lowest BCUT2D eigenvalue weighted by Crippen LogP contribution is -2.13. The van der Waals surface area contributed by atoms with Gasteiger partial charge in [0.05, 0.1) is 11.2 Å². The largest absolute Gasteiger partial charge is 0.307 e. The molecule has 0 fully saturated rings. The fourth-order valence-electron chi connectivity index (χ4n) is 2.85. The van der Waals surface area contributed by atoms with Gasteiger partial charge in [0.2, 0.25) is 5.91 Å². The Morgan fingerprint density at radius 3 is 2.68 bits per heavy atom. The second-order valence-electron chi connectivity index (χ2n) is 6.32. The number of pyridine rings is 1. The molecule has 0 radical (unpaired) electrons. The number of aromatic nitrogens is 3. The second kappa shape index (κ2) is 7.66. The topological polar surface area (TPSA) is 59.8 Å². The molecule has 4 rings (SSSR count). The van der Waals surface area contributed by atoms with E-state index < -0.39 is 0 Å². The van der Waals surface area contributed by atoms with Crippen molar-refractivity contribution in [3.63, 3.8) is 0 Å². The Morgan fingerprint density at radius 2 is 1.86 bits per heavy atom. The van der Waals surface area contributed by atoms with E-state index in [4.69, 9.17) is 11.6 Å². The van der Waals surface area contributed by atoms with E-state index in [1.165, 1.54) is 6.08 Å². The summed E-state index contributed by atoms with van der Waals surface area (Å²) in [4.78, 5) is 17.0. The Kier molecular flexibility index (Phi) is 4.91. The highest BCUT2D eigenvalue weighted by atomic mass is 35.5. The van der Waals surface area contributed by atoms with Crippen molar-refractivity contribution in [2.24, 2.45) is 0 Å². The predicted molar refractivity (Wildman–Crippen MR) is 113 cm³/mol. The number of aryl methyl sites for hydroxylation is 1. The summed E-state index contributed by atoms with van der Waals surface area (Å²) < 4.78 is 1.63. The van der Waals surface area contributed by atoms with Gasteiger partial charge in [0, 0.05) is 22.6 Å². The zero-order chi connectivity index (χ0) is 19.5. The summed E-state index contributed by atoms with van der Waals surface area (Å²) in [5.74, 6) is 0.951. The SMILES string of the molecule is Cc1cc(NC(=O)/C=C/c2ccc(Cl)cc2)n(-c2ccc3ccccc3n2)n1. The lowest BCUT2D eigenvalue weighted by Gasteiger charge is -2.08. The highest BCUT2D eigenvalue weighted by molar-refractivity contribution is 6.30. The minimum absolute atomic E-state index is 0.253. The molecular weight excluding hydrogens is 372 g/mol. The summed E-state index contributed by atoms with van der Waals surface area (Å²) in [6.07, 6.45) is 3.21. The number of benzene rings is 2. The molecule has 0 aliphatic rings. The van der Waals surface area contributed by atoms with E-state index in [9.17, 15) is 4.79 Å². The molecule has 2 aromatic carbocycles. The number of halogens is 1. The maximum absolute atomic E-state index is 12.4. The molecule has 28 heavy (non-hydrogen) atoms. The van der Waals surface area contributed by atoms with Crippen LogP contribution in [0.1, 0.15) is 11.3 Å². The highest BCUT2D eigenvalue weighted by Gasteiger charge is 2.11. The molecule has 0 bridgehead atoms. The molecule has 0 atom stereocenters. The standard InChI is InChI=1S/C22H17ClN4O/c1-15-14-21(25-22(28)13-8-16-6-10-18(23)11-7-16)27(26-15)20-12-9-17-4-2-3-5-19(17)24-20/h2-14H,1H3,(H,25,28)/b13-8+. The quantitative estimate of drug-likeness (QED) is 0.498. The van der Waals surface area contributed by atoms with Gasteiger partial charge in [-0.15, -0.1) is 0 Å². The van der Waals surface area contributed by atoms with Crippen molar-refractivity contribution in [2.45, 2.75) is 6.92 Å². The van der Waals surface area contributed by atoms with Crippen LogP contribution in [-0.4, -0.2) is 20.7 Å². The van der Waals surface area contributed by atoms with E-state index in [1.54, 1.807) is 22.9 Å². The van der Waals surface area contributed by atoms with Gasteiger partial charge in [-0.1, -0.05) is 41.9 Å². The van der Waals surface area contributed by atoms with Crippen molar-refractivity contribution in [3.05, 3.63) is 89.1 Å². The van der Waals surface area contributed by atoms with E-state index in [0.717, 1.165) is 22.2 Å². The first-order valence-corrected chi connectivity index (χ1v) is 9.14. The molecule has 0 saturated heterocycles. The van der Waals surface area contributed by atoms with Crippen molar-refractivity contribution in [2.75, 3.05) is 5.32 Å². The summed E-state index contributed by atoms with van der Waals surface area (Å²) in [6, 6.07) is 20.8. The van der Waals surface area contributed by atoms with Gasteiger partial charge in [0.25, 0.3) is 0 Å². The van der Waals surface area contributed by atoms with Crippen LogP contribution >= 0.6 is 11.6 Å². The number of rotatable bonds is 4. The van der Waals surface area contributed by atoms with Gasteiger partial charge in [-0.2, -0.15) is 9.78 Å². The third-order valence-electron chi connectivity index (χ3n) is 4.18. The van der Waals surface area contributed by atoms with Gasteiger partial charge in [-0.05, 0) is 48.9 Å². The van der Waals surface area contributed by atoms with Crippen LogP contribution in [0.4, 0.5) is 5.82 Å². The maximum Gasteiger partial charge on any atom is 0.249 e. The molecule has 1 amide bonds. The van der Waals surface area contributed by atoms with Crippen LogP contribution in [-0.2, 0) is 4.79 Å². The van der Waals surface area contributed by atoms with E-state index in [1.807, 2.05) is 61.5 Å². The second-order valence-corrected chi connectivity index (χ2v) is 6.76. The average molecular weight is 389 g/mol. The number of para-hydroxylation sites is 1. The van der Waals surface area contributed by atoms with Crippen LogP contribution < -0.4 is 5.32 Å². The number of fused-ring (bicyclic) bond motifs is 1. The van der Waals surface area contributed by atoms with Gasteiger partial charge in [0.15, 0.2) is 5.82 Å². The molecular formula is C22H17ClN4O. The van der Waals surface area contributed by atoms with Gasteiger partial charge in [-0.25, -0.2) is 4.98 Å². The van der Waals surface area contributed by atoms with Crippen molar-refractivity contribution >= 4 is 40.3 Å². The maximum atomic E-state index is 12.4. The lowest BCUT2D eigenvalue weighted by molar-refractivity contribution is -0.111. The third-order valence-corrected chi connectivity index (χ3v) is 4.43. The predicted octanol–water partition coefficient (Wildman–Crippen LogP) is 5.03. The summed E-state index contributed by atoms with van der Waals surface area (Å²) in [7, 11) is 0. The van der Waals surface area contributed by atoms with Crippen LogP contribution in [0.2, 0.25) is 5.02 Å². The lowest BCUT2D eigenvalue weighted by atomic mass is 10.2. The van der Waals surface area contributed by atoms with Crippen LogP contribution in [0.25, 0.3) is 22.8 Å². The normalized spacial score (nSPS) is 11.2. The van der Waals surface area contributed by atoms with E-state index >= 15 is 0 Å². The Balaban J connectivity index is 1.58. The van der Waals surface area contributed by atoms with Crippen molar-refractivity contribution in [1.82, 2.24) is 14.8 Å². The molecule has 138 valence electrons. The van der Waals surface area contributed by atoms with Gasteiger partial charge >= 0.3 is 0 Å². The summed E-state index contributed by atoms with van der Waals surface area (Å²) in [6.45, 7) is 1.87. The fraction of sp³-hybridized carbons (Fsp3) is 0.0455. The number of amides is 1. The van der Waals surface area contributed by atoms with Crippen LogP contribution in [0.3, 0.4) is 0 Å². The summed E-state index contributed by atoms with van der Waals surface area (Å²) in [5.41, 5.74) is 2.54. The number of carbonyl (C=O) groups is 1. The first kappa shape index (κ1) is 17.9. The molecule has 1 N–H and O–H groups in total. The first-order chi connectivity index (χ1) is 13.6. The summed E-state index contributed by atoms with van der Waals surface area (Å²) >= 11 is 5.88. The average Bonchev–Trinajstić information content (AvgIpc) is 3.07. The van der Waals surface area contributed by atoms with E-state index in [2.05, 4.69) is 15.4 Å². The number of hydrogen-bond donors (Lipinski definition) is 1. The molecule has 2 aromatic heterocycles. The first-order valence-electron chi connectivity index (χ1n) is 8.76. The molecule has 0 aliphatic carbocycles. The molecule has 0 unspecified atom stereocenters. The number of hydrogen-bond acceptors (Lipinski definition) is 3. The molecule has 5 nitrogen and oxygen atoms in total. The van der Waals surface area contributed by atoms with Gasteiger partial charge < -0.3 is 5.32 Å². The molecule has 4 aromatic rings. The van der Waals surface area contributed by atoms with Gasteiger partial charge in [0.1, 0.15) is 5.82 Å². The third kappa shape index (κ3) is 3.94. The minimum atomic E-state index is -0.253. The van der Waals surface area contributed by atoms with Crippen molar-refractivity contribution in [1.29, 1.82) is 0 Å². The number of nitrogens with zero attached hydrogens (tertiary/aromatic N) is 3. The van der Waals surface area contributed by atoms with Gasteiger partial charge in [-0.3, -0.25) is 4.79 Å². The molecule has 0 spiro atoms. The monoisotopic (exact) mass is 388 g/mol. The summed E-state index contributed by atoms with van der Waals surface area (Å²) in [5, 5.41) is 9.04. The zero-order valence-electron chi connectivity index (χ0n) is 15.1. The van der Waals surface area contributed by atoms with E-state index in [0.29, 0.717) is 16.7 Å². The Bertz CT molecular complexity index is 1180. The Labute approximate surface area is 167 Å². The van der Waals surface area contributed by atoms with Crippen LogP contribution in [0, 0.1) is 6.92 Å². The zero-order valence-corrected chi connectivity index (χ0v) is 15.9.